The summed E-state index contributed by atoms with van der Waals surface area (Å²) in [5.41, 5.74) is 5.72. The molecule has 0 saturated heterocycles. The minimum atomic E-state index is 0.202. The van der Waals surface area contributed by atoms with Gasteiger partial charge >= 0.3 is 0 Å². The van der Waals surface area contributed by atoms with Gasteiger partial charge in [0.15, 0.2) is 5.82 Å². The van der Waals surface area contributed by atoms with E-state index in [2.05, 4.69) is 9.69 Å². The van der Waals surface area contributed by atoms with Crippen molar-refractivity contribution in [2.24, 2.45) is 0 Å². The summed E-state index contributed by atoms with van der Waals surface area (Å²) in [5.74, 6) is 0.610. The Bertz CT molecular complexity index is 304. The largest absolute Gasteiger partial charge is 0.382 e. The van der Waals surface area contributed by atoms with Gasteiger partial charge in [0.2, 0.25) is 0 Å². The van der Waals surface area contributed by atoms with Gasteiger partial charge in [-0.2, -0.15) is 4.37 Å². The third kappa shape index (κ3) is 3.55. The van der Waals surface area contributed by atoms with E-state index in [-0.39, 0.29) is 6.10 Å². The average Bonchev–Trinajstić information content (AvgIpc) is 2.56. The summed E-state index contributed by atoms with van der Waals surface area (Å²) < 4.78 is 9.53. The molecule has 0 radical (unpaired) electrons. The van der Waals surface area contributed by atoms with Crippen molar-refractivity contribution in [3.8, 4) is 0 Å². The van der Waals surface area contributed by atoms with E-state index in [0.29, 0.717) is 5.82 Å². The molecule has 3 N–H and O–H groups in total. The van der Waals surface area contributed by atoms with Crippen LogP contribution in [0.15, 0.2) is 4.90 Å². The maximum absolute atomic E-state index is 5.72. The van der Waals surface area contributed by atoms with Crippen LogP contribution < -0.4 is 11.1 Å². The highest BCUT2D eigenvalue weighted by molar-refractivity contribution is 7.99. The molecule has 0 amide bonds. The van der Waals surface area contributed by atoms with Crippen molar-refractivity contribution in [2.75, 3.05) is 30.5 Å². The zero-order valence-electron chi connectivity index (χ0n) is 9.24. The number of nitrogens with two attached hydrogens (primary N) is 1. The number of anilines is 2. The summed E-state index contributed by atoms with van der Waals surface area (Å²) in [5, 5.41) is 4.33. The predicted molar refractivity (Wildman–Crippen MR) is 67.9 cm³/mol. The first kappa shape index (κ1) is 12.6. The lowest BCUT2D eigenvalue weighted by molar-refractivity contribution is 0.0855. The third-order valence-corrected chi connectivity index (χ3v) is 3.65. The van der Waals surface area contributed by atoms with Crippen molar-refractivity contribution in [3.63, 3.8) is 0 Å². The summed E-state index contributed by atoms with van der Waals surface area (Å²) in [4.78, 5) is 1.03. The minimum absolute atomic E-state index is 0.202. The summed E-state index contributed by atoms with van der Waals surface area (Å²) in [6.07, 6.45) is 2.20. The van der Waals surface area contributed by atoms with Gasteiger partial charge in [0.25, 0.3) is 0 Å². The van der Waals surface area contributed by atoms with Gasteiger partial charge in [-0.1, -0.05) is 0 Å². The number of thioether (sulfide) groups is 1. The van der Waals surface area contributed by atoms with E-state index >= 15 is 0 Å². The van der Waals surface area contributed by atoms with Crippen LogP contribution in [0.4, 0.5) is 10.8 Å². The molecular weight excluding hydrogens is 230 g/mol. The predicted octanol–water partition coefficient (Wildman–Crippen LogP) is 2.28. The zero-order valence-corrected chi connectivity index (χ0v) is 10.9. The Morgan fingerprint density at radius 1 is 1.67 bits per heavy atom. The summed E-state index contributed by atoms with van der Waals surface area (Å²) >= 11 is 3.01. The SMILES string of the molecule is CCOC(C)CNc1snc(N)c1SC. The standard InChI is InChI=1S/C9H17N3OS2/c1-4-13-6(2)5-11-9-7(14-3)8(10)12-15-9/h6,11H,4-5H2,1-3H3,(H2,10,12). The second kappa shape index (κ2) is 6.19. The van der Waals surface area contributed by atoms with Gasteiger partial charge in [-0.25, -0.2) is 0 Å². The smallest absolute Gasteiger partial charge is 0.153 e. The monoisotopic (exact) mass is 247 g/mol. The van der Waals surface area contributed by atoms with E-state index in [9.17, 15) is 0 Å². The van der Waals surface area contributed by atoms with Gasteiger partial charge in [-0.05, 0) is 31.6 Å². The average molecular weight is 247 g/mol. The van der Waals surface area contributed by atoms with Gasteiger partial charge in [-0.15, -0.1) is 11.8 Å². The van der Waals surface area contributed by atoms with Crippen molar-refractivity contribution in [1.82, 2.24) is 4.37 Å². The van der Waals surface area contributed by atoms with Crippen molar-refractivity contribution in [2.45, 2.75) is 24.8 Å². The normalized spacial score (nSPS) is 12.7. The molecule has 4 nitrogen and oxygen atoms in total. The summed E-state index contributed by atoms with van der Waals surface area (Å²) in [6, 6.07) is 0. The van der Waals surface area contributed by atoms with Crippen LogP contribution in [0, 0.1) is 0 Å². The minimum Gasteiger partial charge on any atom is -0.382 e. The van der Waals surface area contributed by atoms with E-state index < -0.39 is 0 Å². The van der Waals surface area contributed by atoms with Gasteiger partial charge in [-0.3, -0.25) is 0 Å². The molecule has 0 aromatic carbocycles. The van der Waals surface area contributed by atoms with Crippen LogP contribution in [0.5, 0.6) is 0 Å². The third-order valence-electron chi connectivity index (χ3n) is 1.88. The van der Waals surface area contributed by atoms with E-state index in [1.165, 1.54) is 11.5 Å². The molecule has 0 aliphatic carbocycles. The second-order valence-electron chi connectivity index (χ2n) is 3.08. The van der Waals surface area contributed by atoms with Crippen molar-refractivity contribution in [3.05, 3.63) is 0 Å². The van der Waals surface area contributed by atoms with Crippen LogP contribution in [0.2, 0.25) is 0 Å². The molecule has 15 heavy (non-hydrogen) atoms. The highest BCUT2D eigenvalue weighted by atomic mass is 32.2. The molecule has 6 heteroatoms. The van der Waals surface area contributed by atoms with Crippen LogP contribution in [-0.2, 0) is 4.74 Å². The molecule has 0 bridgehead atoms. The number of hydrogen-bond donors (Lipinski definition) is 2. The summed E-state index contributed by atoms with van der Waals surface area (Å²) in [6.45, 7) is 5.56. The molecule has 1 aromatic rings. The Morgan fingerprint density at radius 2 is 2.40 bits per heavy atom. The Hall–Kier alpha value is -0.460. The molecule has 1 aromatic heterocycles. The highest BCUT2D eigenvalue weighted by Crippen LogP contribution is 2.34. The van der Waals surface area contributed by atoms with Crippen molar-refractivity contribution >= 4 is 34.1 Å². The van der Waals surface area contributed by atoms with Gasteiger partial charge in [0, 0.05) is 13.2 Å². The number of rotatable bonds is 6. The van der Waals surface area contributed by atoms with Gasteiger partial charge in [0.05, 0.1) is 11.0 Å². The summed E-state index contributed by atoms with van der Waals surface area (Å²) in [7, 11) is 0. The molecular formula is C9H17N3OS2. The molecule has 0 aliphatic rings. The zero-order chi connectivity index (χ0) is 11.3. The Kier molecular flexibility index (Phi) is 5.21. The van der Waals surface area contributed by atoms with Crippen LogP contribution in [-0.4, -0.2) is 29.9 Å². The van der Waals surface area contributed by atoms with Crippen molar-refractivity contribution < 1.29 is 4.74 Å². The fourth-order valence-corrected chi connectivity index (χ4v) is 2.73. The van der Waals surface area contributed by atoms with Gasteiger partial charge in [0.1, 0.15) is 5.00 Å². The molecule has 1 heterocycles. The number of nitrogen functional groups attached to an aromatic ring is 1. The van der Waals surface area contributed by atoms with Crippen LogP contribution >= 0.6 is 23.3 Å². The van der Waals surface area contributed by atoms with Crippen LogP contribution in [0.25, 0.3) is 0 Å². The van der Waals surface area contributed by atoms with Crippen LogP contribution in [0.3, 0.4) is 0 Å². The van der Waals surface area contributed by atoms with E-state index in [0.717, 1.165) is 23.0 Å². The topological polar surface area (TPSA) is 60.2 Å². The number of nitrogens with one attached hydrogen (secondary N) is 1. The Labute approximate surface area is 98.7 Å². The molecule has 1 rings (SSSR count). The maximum Gasteiger partial charge on any atom is 0.153 e. The lowest BCUT2D eigenvalue weighted by atomic mass is 10.4. The second-order valence-corrected chi connectivity index (χ2v) is 4.67. The molecule has 1 unspecified atom stereocenters. The fourth-order valence-electron chi connectivity index (χ4n) is 1.18. The lowest BCUT2D eigenvalue weighted by Crippen LogP contribution is -2.19. The number of ether oxygens (including phenoxy) is 1. The van der Waals surface area contributed by atoms with Crippen LogP contribution in [0.1, 0.15) is 13.8 Å². The molecule has 0 saturated carbocycles. The van der Waals surface area contributed by atoms with E-state index in [1.807, 2.05) is 20.1 Å². The lowest BCUT2D eigenvalue weighted by Gasteiger charge is -2.12. The van der Waals surface area contributed by atoms with Crippen molar-refractivity contribution in [1.29, 1.82) is 0 Å². The highest BCUT2D eigenvalue weighted by Gasteiger charge is 2.10. The first-order chi connectivity index (χ1) is 7.19. The quantitative estimate of drug-likeness (QED) is 0.755. The van der Waals surface area contributed by atoms with Gasteiger partial charge < -0.3 is 15.8 Å². The molecule has 0 fully saturated rings. The first-order valence-electron chi connectivity index (χ1n) is 4.83. The van der Waals surface area contributed by atoms with E-state index in [1.54, 1.807) is 11.8 Å². The molecule has 1 atom stereocenters. The first-order valence-corrected chi connectivity index (χ1v) is 6.83. The Balaban J connectivity index is 2.50. The Morgan fingerprint density at radius 3 is 3.00 bits per heavy atom. The molecule has 86 valence electrons. The molecule has 0 aliphatic heterocycles. The van der Waals surface area contributed by atoms with E-state index in [4.69, 9.17) is 10.5 Å². The number of hydrogen-bond acceptors (Lipinski definition) is 6. The number of aromatic nitrogens is 1. The maximum atomic E-state index is 5.72. The number of nitrogens with zero attached hydrogens (tertiary/aromatic N) is 1. The molecule has 0 spiro atoms. The fraction of sp³-hybridized carbons (Fsp3) is 0.667.